The van der Waals surface area contributed by atoms with Gasteiger partial charge in [0, 0.05) is 20.1 Å². The Morgan fingerprint density at radius 2 is 1.93 bits per heavy atom. The van der Waals surface area contributed by atoms with Crippen LogP contribution >= 0.6 is 0 Å². The summed E-state index contributed by atoms with van der Waals surface area (Å²) >= 11 is 0. The van der Waals surface area contributed by atoms with Gasteiger partial charge in [0.15, 0.2) is 11.2 Å². The monoisotopic (exact) mass is 389 g/mol. The van der Waals surface area contributed by atoms with Gasteiger partial charge in [-0.2, -0.15) is 0 Å². The van der Waals surface area contributed by atoms with Crippen LogP contribution in [0, 0.1) is 5.92 Å². The normalized spacial score (nSPS) is 24.5. The van der Waals surface area contributed by atoms with Gasteiger partial charge < -0.3 is 14.6 Å². The van der Waals surface area contributed by atoms with Crippen molar-refractivity contribution < 1.29 is 14.7 Å². The Hall–Kier alpha value is -2.91. The molecule has 28 heavy (non-hydrogen) atoms. The van der Waals surface area contributed by atoms with Gasteiger partial charge in [-0.3, -0.25) is 14.2 Å². The molecule has 2 aromatic rings. The number of hydrogen-bond donors (Lipinski definition) is 1. The number of aliphatic carboxylic acids is 1. The predicted molar refractivity (Wildman–Crippen MR) is 98.8 cm³/mol. The smallest absolute Gasteiger partial charge is 0.332 e. The van der Waals surface area contributed by atoms with Gasteiger partial charge in [-0.05, 0) is 25.2 Å². The van der Waals surface area contributed by atoms with E-state index in [-0.39, 0.29) is 23.1 Å². The number of carboxylic acids is 1. The van der Waals surface area contributed by atoms with Crippen LogP contribution in [0.3, 0.4) is 0 Å². The minimum atomic E-state index is -1.04. The second kappa shape index (κ2) is 6.61. The average molecular weight is 389 g/mol. The number of nitrogens with zero attached hydrogens (tertiary/aromatic N) is 5. The van der Waals surface area contributed by atoms with E-state index in [4.69, 9.17) is 0 Å². The van der Waals surface area contributed by atoms with E-state index in [0.717, 1.165) is 30.3 Å². The van der Waals surface area contributed by atoms with Crippen molar-refractivity contribution in [3.8, 4) is 0 Å². The molecule has 3 heterocycles. The maximum Gasteiger partial charge on any atom is 0.332 e. The van der Waals surface area contributed by atoms with Crippen LogP contribution in [0.4, 0.5) is 0 Å². The van der Waals surface area contributed by atoms with Crippen molar-refractivity contribution in [2.75, 3.05) is 0 Å². The average Bonchev–Trinajstić information content (AvgIpc) is 3.24. The molecule has 10 heteroatoms. The molecular formula is C18H23N5O5. The number of rotatable bonds is 3. The molecule has 10 nitrogen and oxygen atoms in total. The number of likely N-dealkylation sites (tertiary alicyclic amines) is 1. The van der Waals surface area contributed by atoms with Crippen LogP contribution in [0.15, 0.2) is 15.9 Å². The van der Waals surface area contributed by atoms with Crippen molar-refractivity contribution in [1.29, 1.82) is 0 Å². The second-order valence-electron chi connectivity index (χ2n) is 7.76. The fourth-order valence-corrected chi connectivity index (χ4v) is 4.79. The number of amides is 1. The zero-order valence-corrected chi connectivity index (χ0v) is 15.9. The zero-order valence-electron chi connectivity index (χ0n) is 15.9. The summed E-state index contributed by atoms with van der Waals surface area (Å²) in [6.07, 6.45) is 5.51. The summed E-state index contributed by atoms with van der Waals surface area (Å²) in [6, 6.07) is -1.04. The van der Waals surface area contributed by atoms with E-state index in [0.29, 0.717) is 6.42 Å². The Morgan fingerprint density at radius 3 is 2.64 bits per heavy atom. The van der Waals surface area contributed by atoms with Gasteiger partial charge in [-0.15, -0.1) is 0 Å². The molecule has 2 fully saturated rings. The summed E-state index contributed by atoms with van der Waals surface area (Å²) < 4.78 is 3.61. The van der Waals surface area contributed by atoms with Crippen LogP contribution in [0.1, 0.15) is 32.1 Å². The molecule has 1 N–H and O–H groups in total. The highest BCUT2D eigenvalue weighted by atomic mass is 16.4. The maximum atomic E-state index is 13.1. The lowest BCUT2D eigenvalue weighted by Gasteiger charge is -2.33. The molecule has 3 atom stereocenters. The highest BCUT2D eigenvalue weighted by Crippen LogP contribution is 2.39. The zero-order chi connectivity index (χ0) is 20.2. The maximum absolute atomic E-state index is 13.1. The van der Waals surface area contributed by atoms with Gasteiger partial charge in [-0.25, -0.2) is 19.1 Å². The summed E-state index contributed by atoms with van der Waals surface area (Å²) in [4.78, 5) is 55.8. The van der Waals surface area contributed by atoms with E-state index < -0.39 is 35.7 Å². The molecule has 4 rings (SSSR count). The van der Waals surface area contributed by atoms with Gasteiger partial charge in [0.1, 0.15) is 12.6 Å². The molecule has 2 aliphatic rings. The first-order chi connectivity index (χ1) is 13.3. The third-order valence-electron chi connectivity index (χ3n) is 6.16. The number of carbonyl (C=O) groups excluding carboxylic acids is 1. The summed E-state index contributed by atoms with van der Waals surface area (Å²) in [5.74, 6) is -1.37. The van der Waals surface area contributed by atoms with Crippen LogP contribution in [-0.2, 0) is 30.2 Å². The Labute approximate surface area is 160 Å². The highest BCUT2D eigenvalue weighted by Gasteiger charge is 2.47. The molecule has 1 aliphatic heterocycles. The Balaban J connectivity index is 1.74. The number of carboxylic acid groups (broad SMARTS) is 1. The first-order valence-corrected chi connectivity index (χ1v) is 9.46. The van der Waals surface area contributed by atoms with Crippen molar-refractivity contribution in [3.63, 3.8) is 0 Å². The topological polar surface area (TPSA) is 119 Å². The lowest BCUT2D eigenvalue weighted by atomic mass is 9.85. The molecule has 0 aromatic carbocycles. The number of fused-ring (bicyclic) bond motifs is 2. The van der Waals surface area contributed by atoms with E-state index in [1.54, 1.807) is 7.05 Å². The number of carbonyl (C=O) groups is 2. The van der Waals surface area contributed by atoms with E-state index in [1.807, 2.05) is 0 Å². The summed E-state index contributed by atoms with van der Waals surface area (Å²) in [6.45, 7) is -0.473. The number of hydrogen-bond acceptors (Lipinski definition) is 5. The molecule has 0 unspecified atom stereocenters. The van der Waals surface area contributed by atoms with Crippen molar-refractivity contribution in [3.05, 3.63) is 27.2 Å². The molecule has 1 amide bonds. The number of aromatic nitrogens is 4. The SMILES string of the molecule is Cn1cnc2c1c(=O)n(CC(=O)N1[C@H](C(=O)O)C[C@H]3CCCC[C@@H]31)c(=O)n2C. The standard InChI is InChI=1S/C18H23N5O5/c1-20-9-19-15-14(20)16(25)22(18(28)21(15)2)8-13(24)23-11-6-4-3-5-10(11)7-12(23)17(26)27/h9-12H,3-8H2,1-2H3,(H,26,27)/t10-,11+,12+/m1/s1. The predicted octanol–water partition coefficient (Wildman–Crippen LogP) is -0.322. The van der Waals surface area contributed by atoms with Crippen molar-refractivity contribution in [2.45, 2.75) is 50.7 Å². The fraction of sp³-hybridized carbons (Fsp3) is 0.611. The van der Waals surface area contributed by atoms with E-state index in [1.165, 1.54) is 27.4 Å². The van der Waals surface area contributed by atoms with Gasteiger partial charge >= 0.3 is 11.7 Å². The Kier molecular flexibility index (Phi) is 4.35. The van der Waals surface area contributed by atoms with Gasteiger partial charge in [0.2, 0.25) is 5.91 Å². The van der Waals surface area contributed by atoms with E-state index in [9.17, 15) is 24.3 Å². The van der Waals surface area contributed by atoms with Gasteiger partial charge in [-0.1, -0.05) is 12.8 Å². The molecule has 0 radical (unpaired) electrons. The van der Waals surface area contributed by atoms with Crippen molar-refractivity contribution in [1.82, 2.24) is 23.6 Å². The molecule has 0 bridgehead atoms. The van der Waals surface area contributed by atoms with Crippen LogP contribution < -0.4 is 11.2 Å². The van der Waals surface area contributed by atoms with Crippen LogP contribution in [-0.4, -0.2) is 52.7 Å². The molecule has 150 valence electrons. The molecule has 0 spiro atoms. The summed E-state index contributed by atoms with van der Waals surface area (Å²) in [7, 11) is 3.13. The first-order valence-electron chi connectivity index (χ1n) is 9.46. The second-order valence-corrected chi connectivity index (χ2v) is 7.76. The molecule has 1 aliphatic carbocycles. The molecular weight excluding hydrogens is 366 g/mol. The largest absolute Gasteiger partial charge is 0.480 e. The third kappa shape index (κ3) is 2.66. The quantitative estimate of drug-likeness (QED) is 0.768. The van der Waals surface area contributed by atoms with Gasteiger partial charge in [0.25, 0.3) is 5.56 Å². The van der Waals surface area contributed by atoms with Crippen LogP contribution in [0.25, 0.3) is 11.2 Å². The molecule has 1 saturated heterocycles. The van der Waals surface area contributed by atoms with Gasteiger partial charge in [0.05, 0.1) is 6.33 Å². The lowest BCUT2D eigenvalue weighted by Crippen LogP contribution is -2.50. The number of imidazole rings is 1. The Bertz CT molecular complexity index is 1080. The van der Waals surface area contributed by atoms with E-state index >= 15 is 0 Å². The fourth-order valence-electron chi connectivity index (χ4n) is 4.79. The molecule has 1 saturated carbocycles. The Morgan fingerprint density at radius 1 is 1.21 bits per heavy atom. The number of aryl methyl sites for hydroxylation is 2. The first kappa shape index (κ1) is 18.5. The summed E-state index contributed by atoms with van der Waals surface area (Å²) in [5.41, 5.74) is -0.770. The van der Waals surface area contributed by atoms with E-state index in [2.05, 4.69) is 4.98 Å². The van der Waals surface area contributed by atoms with Crippen LogP contribution in [0.2, 0.25) is 0 Å². The van der Waals surface area contributed by atoms with Crippen LogP contribution in [0.5, 0.6) is 0 Å². The van der Waals surface area contributed by atoms with Crippen molar-refractivity contribution >= 4 is 23.0 Å². The summed E-state index contributed by atoms with van der Waals surface area (Å²) in [5, 5.41) is 9.61. The third-order valence-corrected chi connectivity index (χ3v) is 6.16. The van der Waals surface area contributed by atoms with Crippen molar-refractivity contribution in [2.24, 2.45) is 20.0 Å². The lowest BCUT2D eigenvalue weighted by molar-refractivity contribution is -0.150. The molecule has 2 aromatic heterocycles. The minimum Gasteiger partial charge on any atom is -0.480 e. The minimum absolute atomic E-state index is 0.137. The highest BCUT2D eigenvalue weighted by molar-refractivity contribution is 5.85.